The van der Waals surface area contributed by atoms with Crippen LogP contribution >= 0.6 is 0 Å². The normalized spacial score (nSPS) is 14.9. The van der Waals surface area contributed by atoms with Crippen molar-refractivity contribution in [3.8, 4) is 11.5 Å². The van der Waals surface area contributed by atoms with E-state index in [1.807, 2.05) is 18.2 Å². The average Bonchev–Trinajstić information content (AvgIpc) is 3.38. The van der Waals surface area contributed by atoms with Crippen molar-refractivity contribution in [1.82, 2.24) is 5.32 Å². The molecule has 0 saturated heterocycles. The summed E-state index contributed by atoms with van der Waals surface area (Å²) >= 11 is 0. The Labute approximate surface area is 145 Å². The molecule has 6 heteroatoms. The maximum Gasteiger partial charge on any atom is 0.253 e. The Hall–Kier alpha value is -3.02. The van der Waals surface area contributed by atoms with Gasteiger partial charge in [0.05, 0.1) is 11.3 Å². The molecule has 2 aromatic carbocycles. The molecule has 1 fully saturated rings. The van der Waals surface area contributed by atoms with Crippen LogP contribution in [0.5, 0.6) is 11.5 Å². The van der Waals surface area contributed by atoms with Gasteiger partial charge in [-0.2, -0.15) is 0 Å². The summed E-state index contributed by atoms with van der Waals surface area (Å²) in [5.41, 5.74) is 1.91. The van der Waals surface area contributed by atoms with Gasteiger partial charge >= 0.3 is 0 Å². The monoisotopic (exact) mass is 338 g/mol. The number of hydrogen-bond acceptors (Lipinski definition) is 4. The van der Waals surface area contributed by atoms with Crippen molar-refractivity contribution in [2.45, 2.75) is 19.4 Å². The van der Waals surface area contributed by atoms with E-state index in [2.05, 4.69) is 10.6 Å². The van der Waals surface area contributed by atoms with Crippen LogP contribution < -0.4 is 20.1 Å². The predicted molar refractivity (Wildman–Crippen MR) is 91.5 cm³/mol. The molecular formula is C19H18N2O4. The van der Waals surface area contributed by atoms with Crippen LogP contribution in [0.3, 0.4) is 0 Å². The molecule has 6 nitrogen and oxygen atoms in total. The second kappa shape index (κ2) is 6.47. The largest absolute Gasteiger partial charge is 0.454 e. The number of fused-ring (bicyclic) bond motifs is 1. The third-order valence-electron chi connectivity index (χ3n) is 4.27. The zero-order valence-electron chi connectivity index (χ0n) is 13.6. The van der Waals surface area contributed by atoms with Crippen molar-refractivity contribution < 1.29 is 19.1 Å². The molecule has 0 atom stereocenters. The fourth-order valence-electron chi connectivity index (χ4n) is 2.70. The minimum atomic E-state index is -0.232. The van der Waals surface area contributed by atoms with Crippen molar-refractivity contribution in [2.24, 2.45) is 5.92 Å². The van der Waals surface area contributed by atoms with Crippen LogP contribution in [0.1, 0.15) is 28.8 Å². The van der Waals surface area contributed by atoms with Gasteiger partial charge in [0.25, 0.3) is 5.91 Å². The Bertz CT molecular complexity index is 830. The SMILES string of the molecule is O=C(NCc1ccc2c(c1)OCO2)c1ccccc1NC(=O)C1CC1. The van der Waals surface area contributed by atoms with Crippen LogP contribution in [0.15, 0.2) is 42.5 Å². The predicted octanol–water partition coefficient (Wildman–Crippen LogP) is 2.69. The van der Waals surface area contributed by atoms with Gasteiger partial charge in [-0.3, -0.25) is 9.59 Å². The maximum absolute atomic E-state index is 12.5. The van der Waals surface area contributed by atoms with E-state index in [-0.39, 0.29) is 24.5 Å². The van der Waals surface area contributed by atoms with Crippen molar-refractivity contribution in [2.75, 3.05) is 12.1 Å². The molecule has 0 unspecified atom stereocenters. The molecule has 0 bridgehead atoms. The van der Waals surface area contributed by atoms with Gasteiger partial charge in [-0.15, -0.1) is 0 Å². The quantitative estimate of drug-likeness (QED) is 0.879. The number of hydrogen-bond donors (Lipinski definition) is 2. The highest BCUT2D eigenvalue weighted by molar-refractivity contribution is 6.04. The van der Waals surface area contributed by atoms with Crippen LogP contribution in [-0.2, 0) is 11.3 Å². The highest BCUT2D eigenvalue weighted by atomic mass is 16.7. The van der Waals surface area contributed by atoms with Gasteiger partial charge in [-0.25, -0.2) is 0 Å². The highest BCUT2D eigenvalue weighted by Crippen LogP contribution is 2.32. The number of anilines is 1. The molecule has 2 aliphatic rings. The third-order valence-corrected chi connectivity index (χ3v) is 4.27. The molecule has 128 valence electrons. The van der Waals surface area contributed by atoms with Gasteiger partial charge in [-0.1, -0.05) is 18.2 Å². The van der Waals surface area contributed by atoms with Crippen molar-refractivity contribution in [3.63, 3.8) is 0 Å². The van der Waals surface area contributed by atoms with E-state index in [0.29, 0.717) is 29.3 Å². The van der Waals surface area contributed by atoms with Crippen LogP contribution in [-0.4, -0.2) is 18.6 Å². The molecule has 4 rings (SSSR count). The first-order valence-corrected chi connectivity index (χ1v) is 8.27. The van der Waals surface area contributed by atoms with Crippen LogP contribution in [0, 0.1) is 5.92 Å². The van der Waals surface area contributed by atoms with E-state index in [4.69, 9.17) is 9.47 Å². The number of ether oxygens (including phenoxy) is 2. The van der Waals surface area contributed by atoms with Gasteiger partial charge in [0.2, 0.25) is 12.7 Å². The topological polar surface area (TPSA) is 76.7 Å². The first kappa shape index (κ1) is 15.5. The molecule has 1 aliphatic carbocycles. The van der Waals surface area contributed by atoms with Crippen molar-refractivity contribution in [3.05, 3.63) is 53.6 Å². The Morgan fingerprint density at radius 2 is 1.84 bits per heavy atom. The van der Waals surface area contributed by atoms with Crippen LogP contribution in [0.4, 0.5) is 5.69 Å². The Morgan fingerprint density at radius 3 is 2.68 bits per heavy atom. The molecule has 1 saturated carbocycles. The molecule has 25 heavy (non-hydrogen) atoms. The summed E-state index contributed by atoms with van der Waals surface area (Å²) in [7, 11) is 0. The number of carbonyl (C=O) groups excluding carboxylic acids is 2. The molecule has 0 aromatic heterocycles. The number of carbonyl (C=O) groups is 2. The Morgan fingerprint density at radius 1 is 1.04 bits per heavy atom. The number of nitrogens with one attached hydrogen (secondary N) is 2. The lowest BCUT2D eigenvalue weighted by Crippen LogP contribution is -2.25. The second-order valence-corrected chi connectivity index (χ2v) is 6.18. The molecular weight excluding hydrogens is 320 g/mol. The molecule has 1 aliphatic heterocycles. The van der Waals surface area contributed by atoms with Gasteiger partial charge in [0.15, 0.2) is 11.5 Å². The molecule has 0 radical (unpaired) electrons. The minimum absolute atomic E-state index is 0.0176. The molecule has 2 aromatic rings. The summed E-state index contributed by atoms with van der Waals surface area (Å²) < 4.78 is 10.6. The standard InChI is InChI=1S/C19H18N2O4/c22-18(13-6-7-13)21-15-4-2-1-3-14(15)19(23)20-10-12-5-8-16-17(9-12)25-11-24-16/h1-5,8-9,13H,6-7,10-11H2,(H,20,23)(H,21,22). The third kappa shape index (κ3) is 3.42. The summed E-state index contributed by atoms with van der Waals surface area (Å²) in [4.78, 5) is 24.5. The van der Waals surface area contributed by atoms with Crippen LogP contribution in [0.25, 0.3) is 0 Å². The number of benzene rings is 2. The van der Waals surface area contributed by atoms with Crippen LogP contribution in [0.2, 0.25) is 0 Å². The van der Waals surface area contributed by atoms with E-state index in [1.165, 1.54) is 0 Å². The van der Waals surface area contributed by atoms with E-state index in [9.17, 15) is 9.59 Å². The summed E-state index contributed by atoms with van der Waals surface area (Å²) in [5.74, 6) is 1.23. The summed E-state index contributed by atoms with van der Waals surface area (Å²) in [6.45, 7) is 0.583. The van der Waals surface area contributed by atoms with E-state index in [1.54, 1.807) is 24.3 Å². The minimum Gasteiger partial charge on any atom is -0.454 e. The fourth-order valence-corrected chi connectivity index (χ4v) is 2.70. The lowest BCUT2D eigenvalue weighted by Gasteiger charge is -2.11. The number of rotatable bonds is 5. The first-order valence-electron chi connectivity index (χ1n) is 8.27. The van der Waals surface area contributed by atoms with Crippen molar-refractivity contribution >= 4 is 17.5 Å². The summed E-state index contributed by atoms with van der Waals surface area (Å²) in [6, 6.07) is 12.6. The number of amides is 2. The maximum atomic E-state index is 12.5. The molecule has 1 heterocycles. The summed E-state index contributed by atoms with van der Waals surface area (Å²) in [6.07, 6.45) is 1.84. The average molecular weight is 338 g/mol. The second-order valence-electron chi connectivity index (χ2n) is 6.18. The van der Waals surface area contributed by atoms with Crippen molar-refractivity contribution in [1.29, 1.82) is 0 Å². The lowest BCUT2D eigenvalue weighted by molar-refractivity contribution is -0.117. The van der Waals surface area contributed by atoms with E-state index in [0.717, 1.165) is 18.4 Å². The Balaban J connectivity index is 1.43. The molecule has 2 amide bonds. The Kier molecular flexibility index (Phi) is 4.01. The zero-order valence-corrected chi connectivity index (χ0v) is 13.6. The van der Waals surface area contributed by atoms with E-state index >= 15 is 0 Å². The smallest absolute Gasteiger partial charge is 0.253 e. The van der Waals surface area contributed by atoms with Gasteiger partial charge in [0.1, 0.15) is 0 Å². The lowest BCUT2D eigenvalue weighted by atomic mass is 10.1. The van der Waals surface area contributed by atoms with Gasteiger partial charge in [-0.05, 0) is 42.7 Å². The molecule has 2 N–H and O–H groups in total. The highest BCUT2D eigenvalue weighted by Gasteiger charge is 2.30. The van der Waals surface area contributed by atoms with Gasteiger partial charge in [0, 0.05) is 12.5 Å². The van der Waals surface area contributed by atoms with E-state index < -0.39 is 0 Å². The zero-order chi connectivity index (χ0) is 17.2. The van der Waals surface area contributed by atoms with Gasteiger partial charge < -0.3 is 20.1 Å². The summed E-state index contributed by atoms with van der Waals surface area (Å²) in [5, 5.41) is 5.73. The fraction of sp³-hybridized carbons (Fsp3) is 0.263. The first-order chi connectivity index (χ1) is 12.2. The number of para-hydroxylation sites is 1. The molecule has 0 spiro atoms.